The van der Waals surface area contributed by atoms with Gasteiger partial charge in [-0.1, -0.05) is 0 Å². The maximum Gasteiger partial charge on any atom is 0.255 e. The van der Waals surface area contributed by atoms with Crippen LogP contribution in [-0.2, 0) is 0 Å². The molecule has 0 unspecified atom stereocenters. The van der Waals surface area contributed by atoms with Crippen molar-refractivity contribution in [2.45, 2.75) is 0 Å². The Labute approximate surface area is 85.2 Å². The Morgan fingerprint density at radius 2 is 2.09 bits per heavy atom. The molecule has 0 saturated heterocycles. The fourth-order valence-electron chi connectivity index (χ4n) is 0.559. The third-order valence-electron chi connectivity index (χ3n) is 1.03. The summed E-state index contributed by atoms with van der Waals surface area (Å²) in [6.45, 7) is 0. The van der Waals surface area contributed by atoms with Crippen molar-refractivity contribution in [3.05, 3.63) is 26.9 Å². The van der Waals surface area contributed by atoms with Gasteiger partial charge in [0.2, 0.25) is 0 Å². The molecule has 0 fully saturated rings. The molecule has 0 aliphatic carbocycles. The van der Waals surface area contributed by atoms with Crippen LogP contribution in [0.2, 0.25) is 0 Å². The second-order valence-corrected chi connectivity index (χ2v) is 3.65. The predicted molar refractivity (Wildman–Crippen MR) is 49.8 cm³/mol. The lowest BCUT2D eigenvalue weighted by Crippen LogP contribution is -1.92. The molecule has 58 valence electrons. The number of pyridine rings is 1. The number of aromatic nitrogens is 1. The summed E-state index contributed by atoms with van der Waals surface area (Å²) in [5.74, 6) is 0. The average molecular weight is 299 g/mol. The van der Waals surface area contributed by atoms with E-state index in [0.29, 0.717) is 14.8 Å². The van der Waals surface area contributed by atoms with E-state index >= 15 is 0 Å². The molecule has 0 aromatic carbocycles. The van der Waals surface area contributed by atoms with Crippen LogP contribution in [-0.4, -0.2) is 10.2 Å². The zero-order chi connectivity index (χ0) is 8.43. The van der Waals surface area contributed by atoms with E-state index in [4.69, 9.17) is 11.6 Å². The maximum absolute atomic E-state index is 10.7. The highest BCUT2D eigenvalue weighted by molar-refractivity contribution is 9.11. The fraction of sp³-hybridized carbons (Fsp3) is 0. The van der Waals surface area contributed by atoms with Crippen LogP contribution in [0.15, 0.2) is 21.3 Å². The van der Waals surface area contributed by atoms with Gasteiger partial charge in [0.1, 0.15) is 9.21 Å². The van der Waals surface area contributed by atoms with Gasteiger partial charge in [0, 0.05) is 0 Å². The fourth-order valence-corrected chi connectivity index (χ4v) is 1.88. The standard InChI is InChI=1S/C6H2Br2ClNO/c7-4-2-1-3(6(9)11)5(8)10-4/h1-2H. The first-order chi connectivity index (χ1) is 5.11. The Balaban J connectivity index is 3.20. The minimum atomic E-state index is -0.517. The quantitative estimate of drug-likeness (QED) is 0.589. The van der Waals surface area contributed by atoms with Gasteiger partial charge in [-0.05, 0) is 55.6 Å². The Hall–Kier alpha value is 0.0700. The zero-order valence-corrected chi connectivity index (χ0v) is 9.07. The van der Waals surface area contributed by atoms with Crippen molar-refractivity contribution in [1.29, 1.82) is 0 Å². The summed E-state index contributed by atoms with van der Waals surface area (Å²) in [6.07, 6.45) is 0. The molecule has 0 bridgehead atoms. The average Bonchev–Trinajstić information content (AvgIpc) is 1.85. The first-order valence-electron chi connectivity index (χ1n) is 2.63. The molecule has 0 N–H and O–H groups in total. The summed E-state index contributed by atoms with van der Waals surface area (Å²) >= 11 is 11.5. The van der Waals surface area contributed by atoms with E-state index in [1.165, 1.54) is 0 Å². The highest BCUT2D eigenvalue weighted by atomic mass is 79.9. The predicted octanol–water partition coefficient (Wildman–Crippen LogP) is 2.99. The van der Waals surface area contributed by atoms with Gasteiger partial charge in [0.05, 0.1) is 5.56 Å². The molecule has 1 heterocycles. The summed E-state index contributed by atoms with van der Waals surface area (Å²) < 4.78 is 1.11. The van der Waals surface area contributed by atoms with Crippen LogP contribution in [0.1, 0.15) is 10.4 Å². The molecule has 1 rings (SSSR count). The molecule has 0 spiro atoms. The monoisotopic (exact) mass is 297 g/mol. The third kappa shape index (κ3) is 2.25. The lowest BCUT2D eigenvalue weighted by molar-refractivity contribution is 0.108. The van der Waals surface area contributed by atoms with E-state index in [9.17, 15) is 4.79 Å². The third-order valence-corrected chi connectivity index (χ3v) is 2.28. The van der Waals surface area contributed by atoms with Gasteiger partial charge >= 0.3 is 0 Å². The Bertz CT molecular complexity index is 303. The summed E-state index contributed by atoms with van der Waals surface area (Å²) in [5, 5.41) is -0.517. The largest absolute Gasteiger partial charge is 0.276 e. The van der Waals surface area contributed by atoms with Gasteiger partial charge in [-0.2, -0.15) is 0 Å². The van der Waals surface area contributed by atoms with E-state index in [1.54, 1.807) is 12.1 Å². The molecule has 1 aromatic rings. The van der Waals surface area contributed by atoms with Crippen molar-refractivity contribution in [3.63, 3.8) is 0 Å². The molecule has 0 amide bonds. The summed E-state index contributed by atoms with van der Waals surface area (Å²) in [4.78, 5) is 14.6. The van der Waals surface area contributed by atoms with E-state index in [2.05, 4.69) is 36.8 Å². The topological polar surface area (TPSA) is 30.0 Å². The highest BCUT2D eigenvalue weighted by Crippen LogP contribution is 2.18. The van der Waals surface area contributed by atoms with E-state index in [-0.39, 0.29) is 0 Å². The summed E-state index contributed by atoms with van der Waals surface area (Å²) in [6, 6.07) is 3.25. The van der Waals surface area contributed by atoms with Crippen molar-refractivity contribution in [2.75, 3.05) is 0 Å². The Morgan fingerprint density at radius 3 is 2.55 bits per heavy atom. The highest BCUT2D eigenvalue weighted by Gasteiger charge is 2.07. The number of hydrogen-bond acceptors (Lipinski definition) is 2. The van der Waals surface area contributed by atoms with Crippen LogP contribution in [0.3, 0.4) is 0 Å². The van der Waals surface area contributed by atoms with Crippen molar-refractivity contribution in [1.82, 2.24) is 4.98 Å². The molecule has 1 aromatic heterocycles. The second kappa shape index (κ2) is 3.65. The van der Waals surface area contributed by atoms with Gasteiger partial charge in [0.15, 0.2) is 0 Å². The number of rotatable bonds is 1. The van der Waals surface area contributed by atoms with Crippen molar-refractivity contribution in [2.24, 2.45) is 0 Å². The van der Waals surface area contributed by atoms with E-state index < -0.39 is 5.24 Å². The molecule has 5 heteroatoms. The van der Waals surface area contributed by atoms with Gasteiger partial charge in [-0.3, -0.25) is 4.79 Å². The number of carbonyl (C=O) groups excluding carboxylic acids is 1. The number of carbonyl (C=O) groups is 1. The van der Waals surface area contributed by atoms with Gasteiger partial charge < -0.3 is 0 Å². The number of halogens is 3. The molecule has 11 heavy (non-hydrogen) atoms. The van der Waals surface area contributed by atoms with Crippen LogP contribution in [0, 0.1) is 0 Å². The Morgan fingerprint density at radius 1 is 1.45 bits per heavy atom. The molecule has 0 atom stereocenters. The van der Waals surface area contributed by atoms with Gasteiger partial charge in [-0.25, -0.2) is 4.98 Å². The molecule has 0 aliphatic rings. The minimum absolute atomic E-state index is 0.370. The van der Waals surface area contributed by atoms with E-state index in [1.807, 2.05) is 0 Å². The smallest absolute Gasteiger partial charge is 0.255 e. The number of nitrogens with zero attached hydrogens (tertiary/aromatic N) is 1. The SMILES string of the molecule is O=C(Cl)c1ccc(Br)nc1Br. The van der Waals surface area contributed by atoms with Gasteiger partial charge in [0.25, 0.3) is 5.24 Å². The van der Waals surface area contributed by atoms with Crippen LogP contribution >= 0.6 is 43.5 Å². The van der Waals surface area contributed by atoms with Crippen molar-refractivity contribution < 1.29 is 4.79 Å². The molecular formula is C6H2Br2ClNO. The van der Waals surface area contributed by atoms with Crippen molar-refractivity contribution in [3.8, 4) is 0 Å². The van der Waals surface area contributed by atoms with Crippen LogP contribution < -0.4 is 0 Å². The lowest BCUT2D eigenvalue weighted by Gasteiger charge is -1.96. The zero-order valence-electron chi connectivity index (χ0n) is 5.14. The van der Waals surface area contributed by atoms with Gasteiger partial charge in [-0.15, -0.1) is 0 Å². The second-order valence-electron chi connectivity index (χ2n) is 1.75. The number of hydrogen-bond donors (Lipinski definition) is 0. The first kappa shape index (κ1) is 9.16. The summed E-state index contributed by atoms with van der Waals surface area (Å²) in [5.41, 5.74) is 0.370. The lowest BCUT2D eigenvalue weighted by atomic mass is 10.3. The van der Waals surface area contributed by atoms with Crippen LogP contribution in [0.25, 0.3) is 0 Å². The molecular weight excluding hydrogens is 297 g/mol. The molecule has 2 nitrogen and oxygen atoms in total. The summed E-state index contributed by atoms with van der Waals surface area (Å²) in [7, 11) is 0. The van der Waals surface area contributed by atoms with Crippen LogP contribution in [0.5, 0.6) is 0 Å². The van der Waals surface area contributed by atoms with Crippen LogP contribution in [0.4, 0.5) is 0 Å². The molecule has 0 radical (unpaired) electrons. The normalized spacial score (nSPS) is 9.73. The maximum atomic E-state index is 10.7. The molecule has 0 aliphatic heterocycles. The molecule has 0 saturated carbocycles. The van der Waals surface area contributed by atoms with Crippen molar-refractivity contribution >= 4 is 48.7 Å². The first-order valence-corrected chi connectivity index (χ1v) is 4.59. The Kier molecular flexibility index (Phi) is 3.04. The van der Waals surface area contributed by atoms with E-state index in [0.717, 1.165) is 0 Å². The minimum Gasteiger partial charge on any atom is -0.276 e.